The number of phenolic OH excluding ortho intramolecular Hbond substituents is 1. The number of nitrogens with zero attached hydrogens (tertiary/aromatic N) is 2. The zero-order valence-corrected chi connectivity index (χ0v) is 11.3. The average molecular weight is 247 g/mol. The Bertz CT molecular complexity index is 521. The zero-order chi connectivity index (χ0) is 13.1. The highest BCUT2D eigenvalue weighted by atomic mass is 16.3. The number of hydrogen-bond donors (Lipinski definition) is 2. The van der Waals surface area contributed by atoms with Crippen LogP contribution in [-0.4, -0.2) is 33.6 Å². The molecule has 0 aliphatic heterocycles. The smallest absolute Gasteiger partial charge is 0.124 e. The number of unbranched alkanes of at least 4 members (excludes halogenated alkanes) is 1. The topological polar surface area (TPSA) is 52.1 Å². The van der Waals surface area contributed by atoms with E-state index in [1.807, 2.05) is 6.07 Å². The van der Waals surface area contributed by atoms with Crippen molar-refractivity contribution in [3.8, 4) is 5.75 Å². The van der Waals surface area contributed by atoms with Gasteiger partial charge in [0.2, 0.25) is 0 Å². The fourth-order valence-corrected chi connectivity index (χ4v) is 2.03. The van der Waals surface area contributed by atoms with E-state index in [1.54, 1.807) is 12.1 Å². The van der Waals surface area contributed by atoms with Gasteiger partial charge < -0.3 is 10.1 Å². The molecule has 0 radical (unpaired) electrons. The summed E-state index contributed by atoms with van der Waals surface area (Å²) in [5.41, 5.74) is 1.79. The highest BCUT2D eigenvalue weighted by molar-refractivity contribution is 5.76. The molecule has 0 saturated carbocycles. The van der Waals surface area contributed by atoms with E-state index in [0.29, 0.717) is 0 Å². The molecule has 0 aliphatic rings. The summed E-state index contributed by atoms with van der Waals surface area (Å²) >= 11 is 0. The van der Waals surface area contributed by atoms with Crippen molar-refractivity contribution in [2.24, 2.45) is 0 Å². The fraction of sp³-hybridized carbons (Fsp3) is 0.500. The highest BCUT2D eigenvalue weighted by Crippen LogP contribution is 2.22. The number of imidazole rings is 1. The lowest BCUT2D eigenvalue weighted by molar-refractivity contribution is 0.250. The molecule has 0 bridgehead atoms. The Balaban J connectivity index is 2.19. The molecule has 1 heterocycles. The average Bonchev–Trinajstić information content (AvgIpc) is 2.77. The molecule has 1 aromatic carbocycles. The van der Waals surface area contributed by atoms with Gasteiger partial charge in [0.15, 0.2) is 0 Å². The minimum absolute atomic E-state index is 0.256. The first-order valence-corrected chi connectivity index (χ1v) is 6.50. The maximum atomic E-state index is 9.45. The molecule has 0 saturated heterocycles. The number of aromatic amines is 1. The third-order valence-electron chi connectivity index (χ3n) is 3.41. The van der Waals surface area contributed by atoms with E-state index in [1.165, 1.54) is 12.8 Å². The Morgan fingerprint density at radius 2 is 2.22 bits per heavy atom. The first kappa shape index (κ1) is 12.9. The van der Waals surface area contributed by atoms with E-state index in [-0.39, 0.29) is 11.8 Å². The van der Waals surface area contributed by atoms with Crippen LogP contribution in [0, 0.1) is 0 Å². The number of aromatic hydroxyl groups is 1. The van der Waals surface area contributed by atoms with Crippen LogP contribution in [0.15, 0.2) is 18.2 Å². The van der Waals surface area contributed by atoms with Crippen molar-refractivity contribution in [2.75, 3.05) is 13.6 Å². The van der Waals surface area contributed by atoms with E-state index in [9.17, 15) is 5.11 Å². The molecule has 4 nitrogen and oxygen atoms in total. The van der Waals surface area contributed by atoms with Gasteiger partial charge >= 0.3 is 0 Å². The minimum atomic E-state index is 0.256. The maximum absolute atomic E-state index is 9.45. The third-order valence-corrected chi connectivity index (χ3v) is 3.41. The van der Waals surface area contributed by atoms with Crippen LogP contribution in [0.5, 0.6) is 5.75 Å². The SMILES string of the molecule is CCCCN(C)C(C)c1nc2ccc(O)cc2[nH]1. The number of fused-ring (bicyclic) bond motifs is 1. The normalized spacial score (nSPS) is 13.3. The van der Waals surface area contributed by atoms with Gasteiger partial charge in [-0.15, -0.1) is 0 Å². The van der Waals surface area contributed by atoms with Crippen LogP contribution in [0.4, 0.5) is 0 Å². The minimum Gasteiger partial charge on any atom is -0.508 e. The number of H-pyrrole nitrogens is 1. The second kappa shape index (κ2) is 5.40. The first-order valence-electron chi connectivity index (χ1n) is 6.50. The fourth-order valence-electron chi connectivity index (χ4n) is 2.03. The van der Waals surface area contributed by atoms with Crippen LogP contribution >= 0.6 is 0 Å². The molecule has 98 valence electrons. The van der Waals surface area contributed by atoms with E-state index in [4.69, 9.17) is 0 Å². The van der Waals surface area contributed by atoms with E-state index in [2.05, 4.69) is 35.8 Å². The van der Waals surface area contributed by atoms with Gasteiger partial charge in [0.25, 0.3) is 0 Å². The van der Waals surface area contributed by atoms with Gasteiger partial charge in [0, 0.05) is 6.07 Å². The number of aromatic nitrogens is 2. The molecule has 1 unspecified atom stereocenters. The predicted molar refractivity (Wildman–Crippen MR) is 73.7 cm³/mol. The van der Waals surface area contributed by atoms with E-state index < -0.39 is 0 Å². The standard InChI is InChI=1S/C14H21N3O/c1-4-5-8-17(3)10(2)14-15-12-7-6-11(18)9-13(12)16-14/h6-7,9-10,18H,4-5,8H2,1-3H3,(H,15,16). The summed E-state index contributed by atoms with van der Waals surface area (Å²) in [5.74, 6) is 1.22. The van der Waals surface area contributed by atoms with Gasteiger partial charge in [0.05, 0.1) is 17.1 Å². The lowest BCUT2D eigenvalue weighted by atomic mass is 10.2. The van der Waals surface area contributed by atoms with Gasteiger partial charge in [-0.25, -0.2) is 4.98 Å². The van der Waals surface area contributed by atoms with Crippen LogP contribution in [0.1, 0.15) is 38.6 Å². The molecule has 4 heteroatoms. The molecule has 1 atom stereocenters. The van der Waals surface area contributed by atoms with Crippen molar-refractivity contribution >= 4 is 11.0 Å². The summed E-state index contributed by atoms with van der Waals surface area (Å²) in [6.45, 7) is 5.41. The van der Waals surface area contributed by atoms with Crippen molar-refractivity contribution in [2.45, 2.75) is 32.7 Å². The Morgan fingerprint density at radius 1 is 1.44 bits per heavy atom. The van der Waals surface area contributed by atoms with Crippen molar-refractivity contribution in [3.63, 3.8) is 0 Å². The van der Waals surface area contributed by atoms with Crippen LogP contribution in [0.25, 0.3) is 11.0 Å². The van der Waals surface area contributed by atoms with Gasteiger partial charge in [-0.05, 0) is 39.1 Å². The van der Waals surface area contributed by atoms with Gasteiger partial charge in [-0.1, -0.05) is 13.3 Å². The maximum Gasteiger partial charge on any atom is 0.124 e. The first-order chi connectivity index (χ1) is 8.61. The number of nitrogens with one attached hydrogen (secondary N) is 1. The Kier molecular flexibility index (Phi) is 3.87. The molecular weight excluding hydrogens is 226 g/mol. The van der Waals surface area contributed by atoms with Gasteiger partial charge in [-0.2, -0.15) is 0 Å². The van der Waals surface area contributed by atoms with Crippen molar-refractivity contribution in [3.05, 3.63) is 24.0 Å². The molecule has 2 N–H and O–H groups in total. The third kappa shape index (κ3) is 2.64. The summed E-state index contributed by atoms with van der Waals surface area (Å²) < 4.78 is 0. The second-order valence-corrected chi connectivity index (χ2v) is 4.83. The molecule has 2 rings (SSSR count). The van der Waals surface area contributed by atoms with Crippen LogP contribution in [0.2, 0.25) is 0 Å². The van der Waals surface area contributed by atoms with Gasteiger partial charge in [-0.3, -0.25) is 4.90 Å². The zero-order valence-electron chi connectivity index (χ0n) is 11.3. The molecule has 0 amide bonds. The van der Waals surface area contributed by atoms with Crippen LogP contribution < -0.4 is 0 Å². The predicted octanol–water partition coefficient (Wildman–Crippen LogP) is 3.06. The summed E-state index contributed by atoms with van der Waals surface area (Å²) in [7, 11) is 2.12. The summed E-state index contributed by atoms with van der Waals surface area (Å²) in [6, 6.07) is 5.47. The summed E-state index contributed by atoms with van der Waals surface area (Å²) in [5, 5.41) is 9.45. The molecule has 18 heavy (non-hydrogen) atoms. The second-order valence-electron chi connectivity index (χ2n) is 4.83. The molecule has 0 fully saturated rings. The van der Waals surface area contributed by atoms with Crippen molar-refractivity contribution < 1.29 is 5.11 Å². The molecule has 2 aromatic rings. The number of benzene rings is 1. The summed E-state index contributed by atoms with van der Waals surface area (Å²) in [4.78, 5) is 10.1. The molecule has 0 aliphatic carbocycles. The summed E-state index contributed by atoms with van der Waals surface area (Å²) in [6.07, 6.45) is 2.40. The molecule has 0 spiro atoms. The Hall–Kier alpha value is -1.55. The number of hydrogen-bond acceptors (Lipinski definition) is 3. The number of phenols is 1. The lowest BCUT2D eigenvalue weighted by Crippen LogP contribution is -2.24. The van der Waals surface area contributed by atoms with E-state index in [0.717, 1.165) is 23.4 Å². The number of rotatable bonds is 5. The molecular formula is C14H21N3O. The van der Waals surface area contributed by atoms with Gasteiger partial charge in [0.1, 0.15) is 11.6 Å². The van der Waals surface area contributed by atoms with Crippen molar-refractivity contribution in [1.29, 1.82) is 0 Å². The Labute approximate surface area is 108 Å². The van der Waals surface area contributed by atoms with Crippen LogP contribution in [0.3, 0.4) is 0 Å². The van der Waals surface area contributed by atoms with Crippen LogP contribution in [-0.2, 0) is 0 Å². The lowest BCUT2D eigenvalue weighted by Gasteiger charge is -2.22. The van der Waals surface area contributed by atoms with Crippen molar-refractivity contribution in [1.82, 2.24) is 14.9 Å². The Morgan fingerprint density at radius 3 is 2.94 bits per heavy atom. The monoisotopic (exact) mass is 247 g/mol. The quantitative estimate of drug-likeness (QED) is 0.853. The molecule has 1 aromatic heterocycles. The van der Waals surface area contributed by atoms with E-state index >= 15 is 0 Å². The highest BCUT2D eigenvalue weighted by Gasteiger charge is 2.15. The largest absolute Gasteiger partial charge is 0.508 e.